The first kappa shape index (κ1) is 10.0. The number of ether oxygens (including phenoxy) is 1. The fraction of sp³-hybridized carbons (Fsp3) is 0.400. The second kappa shape index (κ2) is 4.25. The van der Waals surface area contributed by atoms with Gasteiger partial charge in [-0.3, -0.25) is 0 Å². The maximum atomic E-state index is 5.79. The number of nitrogens with two attached hydrogens (primary N) is 2. The smallest absolute Gasteiger partial charge is 0.122 e. The highest BCUT2D eigenvalue weighted by Crippen LogP contribution is 2.21. The Balaban J connectivity index is 2.99. The molecule has 0 heterocycles. The van der Waals surface area contributed by atoms with Crippen LogP contribution in [0.25, 0.3) is 0 Å². The van der Waals surface area contributed by atoms with Crippen molar-refractivity contribution in [2.75, 3.05) is 13.7 Å². The summed E-state index contributed by atoms with van der Waals surface area (Å²) in [6, 6.07) is 5.81. The fourth-order valence-electron chi connectivity index (χ4n) is 1.20. The number of methoxy groups -OCH3 is 1. The van der Waals surface area contributed by atoms with Crippen LogP contribution in [-0.4, -0.2) is 13.7 Å². The topological polar surface area (TPSA) is 61.3 Å². The van der Waals surface area contributed by atoms with Gasteiger partial charge in [-0.05, 0) is 24.1 Å². The van der Waals surface area contributed by atoms with Gasteiger partial charge in [-0.25, -0.2) is 0 Å². The van der Waals surface area contributed by atoms with Crippen molar-refractivity contribution >= 4 is 0 Å². The molecule has 1 atom stereocenters. The Morgan fingerprint density at radius 3 is 2.69 bits per heavy atom. The SMILES string of the molecule is COc1cc([C@H](N)CN)ccc1C. The van der Waals surface area contributed by atoms with E-state index in [9.17, 15) is 0 Å². The second-order valence-corrected chi connectivity index (χ2v) is 3.07. The molecule has 13 heavy (non-hydrogen) atoms. The number of benzene rings is 1. The Morgan fingerprint density at radius 2 is 2.15 bits per heavy atom. The first-order valence-corrected chi connectivity index (χ1v) is 4.29. The Labute approximate surface area is 78.7 Å². The summed E-state index contributed by atoms with van der Waals surface area (Å²) in [6.07, 6.45) is 0. The third-order valence-electron chi connectivity index (χ3n) is 2.11. The van der Waals surface area contributed by atoms with Crippen molar-refractivity contribution < 1.29 is 4.74 Å². The molecule has 3 heteroatoms. The van der Waals surface area contributed by atoms with E-state index < -0.39 is 0 Å². The molecule has 0 saturated carbocycles. The lowest BCUT2D eigenvalue weighted by atomic mass is 10.1. The predicted octanol–water partition coefficient (Wildman–Crippen LogP) is 0.962. The predicted molar refractivity (Wildman–Crippen MR) is 53.7 cm³/mol. The molecule has 0 radical (unpaired) electrons. The second-order valence-electron chi connectivity index (χ2n) is 3.07. The molecule has 1 aromatic rings. The van der Waals surface area contributed by atoms with Gasteiger partial charge in [-0.15, -0.1) is 0 Å². The van der Waals surface area contributed by atoms with Gasteiger partial charge >= 0.3 is 0 Å². The van der Waals surface area contributed by atoms with E-state index >= 15 is 0 Å². The molecule has 0 aliphatic heterocycles. The molecule has 0 unspecified atom stereocenters. The van der Waals surface area contributed by atoms with E-state index in [1.54, 1.807) is 7.11 Å². The highest BCUT2D eigenvalue weighted by atomic mass is 16.5. The van der Waals surface area contributed by atoms with Crippen LogP contribution in [-0.2, 0) is 0 Å². The monoisotopic (exact) mass is 180 g/mol. The molecule has 0 aromatic heterocycles. The van der Waals surface area contributed by atoms with Crippen molar-refractivity contribution in [3.63, 3.8) is 0 Å². The minimum atomic E-state index is -0.102. The molecule has 3 nitrogen and oxygen atoms in total. The van der Waals surface area contributed by atoms with E-state index in [0.29, 0.717) is 6.54 Å². The number of hydrogen-bond acceptors (Lipinski definition) is 3. The van der Waals surface area contributed by atoms with Crippen LogP contribution in [0.3, 0.4) is 0 Å². The van der Waals surface area contributed by atoms with E-state index in [0.717, 1.165) is 16.9 Å². The molecular formula is C10H16N2O. The molecule has 72 valence electrons. The third kappa shape index (κ3) is 2.20. The number of hydrogen-bond donors (Lipinski definition) is 2. The summed E-state index contributed by atoms with van der Waals surface area (Å²) in [5, 5.41) is 0. The van der Waals surface area contributed by atoms with Crippen LogP contribution in [0.4, 0.5) is 0 Å². The first-order chi connectivity index (χ1) is 6.19. The van der Waals surface area contributed by atoms with E-state index in [1.807, 2.05) is 25.1 Å². The zero-order valence-electron chi connectivity index (χ0n) is 8.08. The highest BCUT2D eigenvalue weighted by Gasteiger charge is 2.05. The van der Waals surface area contributed by atoms with Crippen LogP contribution < -0.4 is 16.2 Å². The highest BCUT2D eigenvalue weighted by molar-refractivity contribution is 5.37. The van der Waals surface area contributed by atoms with Gasteiger partial charge < -0.3 is 16.2 Å². The Kier molecular flexibility index (Phi) is 3.28. The maximum Gasteiger partial charge on any atom is 0.122 e. The molecule has 0 fully saturated rings. The molecule has 1 rings (SSSR count). The molecule has 0 aliphatic carbocycles. The summed E-state index contributed by atoms with van der Waals surface area (Å²) < 4.78 is 5.18. The van der Waals surface area contributed by atoms with Crippen LogP contribution >= 0.6 is 0 Å². The average Bonchev–Trinajstić information content (AvgIpc) is 2.17. The van der Waals surface area contributed by atoms with Crippen LogP contribution in [0.5, 0.6) is 5.75 Å². The third-order valence-corrected chi connectivity index (χ3v) is 2.11. The summed E-state index contributed by atoms with van der Waals surface area (Å²) in [5.41, 5.74) is 13.4. The van der Waals surface area contributed by atoms with Crippen LogP contribution in [0.1, 0.15) is 17.2 Å². The fourth-order valence-corrected chi connectivity index (χ4v) is 1.20. The van der Waals surface area contributed by atoms with Gasteiger partial charge in [0.25, 0.3) is 0 Å². The van der Waals surface area contributed by atoms with Crippen LogP contribution in [0.15, 0.2) is 18.2 Å². The van der Waals surface area contributed by atoms with Crippen molar-refractivity contribution in [2.45, 2.75) is 13.0 Å². The molecule has 0 amide bonds. The minimum Gasteiger partial charge on any atom is -0.496 e. The standard InChI is InChI=1S/C10H16N2O/c1-7-3-4-8(9(12)6-11)5-10(7)13-2/h3-5,9H,6,11-12H2,1-2H3/t9-/m1/s1. The quantitative estimate of drug-likeness (QED) is 0.728. The van der Waals surface area contributed by atoms with E-state index in [-0.39, 0.29) is 6.04 Å². The summed E-state index contributed by atoms with van der Waals surface area (Å²) >= 11 is 0. The molecule has 0 spiro atoms. The normalized spacial score (nSPS) is 12.6. The Hall–Kier alpha value is -1.06. The Bertz CT molecular complexity index is 286. The summed E-state index contributed by atoms with van der Waals surface area (Å²) in [6.45, 7) is 2.45. The van der Waals surface area contributed by atoms with E-state index in [2.05, 4.69) is 0 Å². The largest absolute Gasteiger partial charge is 0.496 e. The van der Waals surface area contributed by atoms with Gasteiger partial charge in [-0.1, -0.05) is 12.1 Å². The molecule has 1 aromatic carbocycles. The molecule has 0 saturated heterocycles. The van der Waals surface area contributed by atoms with Gasteiger partial charge in [0.2, 0.25) is 0 Å². The minimum absolute atomic E-state index is 0.102. The van der Waals surface area contributed by atoms with E-state index in [4.69, 9.17) is 16.2 Å². The zero-order valence-corrected chi connectivity index (χ0v) is 8.08. The van der Waals surface area contributed by atoms with Crippen LogP contribution in [0.2, 0.25) is 0 Å². The maximum absolute atomic E-state index is 5.79. The average molecular weight is 180 g/mol. The van der Waals surface area contributed by atoms with Gasteiger partial charge in [0.1, 0.15) is 5.75 Å². The molecule has 0 aliphatic rings. The number of rotatable bonds is 3. The zero-order chi connectivity index (χ0) is 9.84. The lowest BCUT2D eigenvalue weighted by Gasteiger charge is -2.11. The van der Waals surface area contributed by atoms with Gasteiger partial charge in [0.05, 0.1) is 7.11 Å². The van der Waals surface area contributed by atoms with Gasteiger partial charge in [0.15, 0.2) is 0 Å². The van der Waals surface area contributed by atoms with Crippen molar-refractivity contribution in [3.05, 3.63) is 29.3 Å². The summed E-state index contributed by atoms with van der Waals surface area (Å²) in [4.78, 5) is 0. The summed E-state index contributed by atoms with van der Waals surface area (Å²) in [5.74, 6) is 0.862. The van der Waals surface area contributed by atoms with Gasteiger partial charge in [0, 0.05) is 12.6 Å². The molecular weight excluding hydrogens is 164 g/mol. The summed E-state index contributed by atoms with van der Waals surface area (Å²) in [7, 11) is 1.65. The van der Waals surface area contributed by atoms with E-state index in [1.165, 1.54) is 0 Å². The van der Waals surface area contributed by atoms with Crippen molar-refractivity contribution in [3.8, 4) is 5.75 Å². The number of aryl methyl sites for hydroxylation is 1. The lowest BCUT2D eigenvalue weighted by Crippen LogP contribution is -2.20. The van der Waals surface area contributed by atoms with Crippen molar-refractivity contribution in [1.82, 2.24) is 0 Å². The lowest BCUT2D eigenvalue weighted by molar-refractivity contribution is 0.410. The van der Waals surface area contributed by atoms with Crippen LogP contribution in [0, 0.1) is 6.92 Å². The first-order valence-electron chi connectivity index (χ1n) is 4.29. The molecule has 4 N–H and O–H groups in total. The van der Waals surface area contributed by atoms with Gasteiger partial charge in [-0.2, -0.15) is 0 Å². The van der Waals surface area contributed by atoms with Crippen molar-refractivity contribution in [2.24, 2.45) is 11.5 Å². The Morgan fingerprint density at radius 1 is 1.46 bits per heavy atom. The van der Waals surface area contributed by atoms with Crippen molar-refractivity contribution in [1.29, 1.82) is 0 Å². The molecule has 0 bridgehead atoms.